The minimum absolute atomic E-state index is 0.0895. The Kier molecular flexibility index (Phi) is 8.09. The molecule has 0 saturated carbocycles. The Morgan fingerprint density at radius 3 is 2.68 bits per heavy atom. The van der Waals surface area contributed by atoms with Crippen LogP contribution in [0.4, 0.5) is 5.82 Å². The van der Waals surface area contributed by atoms with E-state index in [0.717, 1.165) is 36.0 Å². The smallest absolute Gasteiger partial charge is 0.273 e. The number of likely N-dealkylation sites (N-methyl/N-ethyl adjacent to an activating group) is 1. The van der Waals surface area contributed by atoms with Crippen LogP contribution in [0, 0.1) is 0 Å². The van der Waals surface area contributed by atoms with E-state index < -0.39 is 0 Å². The lowest BCUT2D eigenvalue weighted by Gasteiger charge is -2.24. The van der Waals surface area contributed by atoms with Crippen LogP contribution < -0.4 is 11.1 Å². The first-order valence-corrected chi connectivity index (χ1v) is 13.6. The van der Waals surface area contributed by atoms with Crippen molar-refractivity contribution in [1.82, 2.24) is 29.5 Å². The molecule has 1 atom stereocenters. The normalized spacial score (nSPS) is 16.8. The van der Waals surface area contributed by atoms with Gasteiger partial charge < -0.3 is 20.5 Å². The SMILES string of the molecule is CC(C)N1CCC(n2c(CNc3n[nH]c4cc(Cl)c(C(C)(C)C)cc34)nc(Cl)c2C(=O)N(C)CCN)C1. The molecule has 1 aliphatic heterocycles. The summed E-state index contributed by atoms with van der Waals surface area (Å²) in [5, 5.41) is 12.9. The summed E-state index contributed by atoms with van der Waals surface area (Å²) >= 11 is 13.2. The minimum atomic E-state index is -0.174. The third-order valence-corrected chi connectivity index (χ3v) is 7.69. The zero-order valence-electron chi connectivity index (χ0n) is 22.5. The van der Waals surface area contributed by atoms with E-state index in [1.807, 2.05) is 10.6 Å². The topological polar surface area (TPSA) is 108 Å². The van der Waals surface area contributed by atoms with E-state index >= 15 is 0 Å². The maximum absolute atomic E-state index is 13.4. The lowest BCUT2D eigenvalue weighted by Crippen LogP contribution is -2.35. The Morgan fingerprint density at radius 1 is 1.32 bits per heavy atom. The lowest BCUT2D eigenvalue weighted by atomic mass is 9.86. The number of likely N-dealkylation sites (tertiary alicyclic amines) is 1. The molecule has 4 rings (SSSR count). The van der Waals surface area contributed by atoms with Crippen LogP contribution in [0.3, 0.4) is 0 Å². The first-order valence-electron chi connectivity index (χ1n) is 12.8. The van der Waals surface area contributed by atoms with E-state index in [2.05, 4.69) is 66.1 Å². The maximum atomic E-state index is 13.4. The molecule has 1 aromatic carbocycles. The number of rotatable bonds is 8. The van der Waals surface area contributed by atoms with Gasteiger partial charge in [0.25, 0.3) is 5.91 Å². The highest BCUT2D eigenvalue weighted by Crippen LogP contribution is 2.35. The van der Waals surface area contributed by atoms with E-state index in [0.29, 0.717) is 48.0 Å². The number of nitrogens with two attached hydrogens (primary N) is 1. The Bertz CT molecular complexity index is 1280. The van der Waals surface area contributed by atoms with E-state index in [9.17, 15) is 4.79 Å². The highest BCUT2D eigenvalue weighted by Gasteiger charge is 2.33. The number of aromatic nitrogens is 4. The molecule has 0 aliphatic carbocycles. The largest absolute Gasteiger partial charge is 0.361 e. The molecule has 37 heavy (non-hydrogen) atoms. The average molecular weight is 550 g/mol. The van der Waals surface area contributed by atoms with Crippen LogP contribution in [-0.2, 0) is 12.0 Å². The number of aromatic amines is 1. The van der Waals surface area contributed by atoms with E-state index in [-0.39, 0.29) is 22.5 Å². The molecule has 9 nitrogen and oxygen atoms in total. The number of carbonyl (C=O) groups is 1. The number of H-pyrrole nitrogens is 1. The second-order valence-corrected chi connectivity index (χ2v) is 11.9. The summed E-state index contributed by atoms with van der Waals surface area (Å²) in [5.74, 6) is 1.23. The first kappa shape index (κ1) is 27.7. The van der Waals surface area contributed by atoms with Crippen LogP contribution in [0.1, 0.15) is 69.0 Å². The van der Waals surface area contributed by atoms with Crippen LogP contribution in [0.5, 0.6) is 0 Å². The highest BCUT2D eigenvalue weighted by atomic mass is 35.5. The van der Waals surface area contributed by atoms with Crippen molar-refractivity contribution in [3.05, 3.63) is 39.4 Å². The number of nitrogens with zero attached hydrogens (tertiary/aromatic N) is 5. The van der Waals surface area contributed by atoms with Gasteiger partial charge in [-0.3, -0.25) is 14.8 Å². The van der Waals surface area contributed by atoms with Crippen LogP contribution in [0.2, 0.25) is 10.2 Å². The molecule has 3 aromatic rings. The fraction of sp³-hybridized carbons (Fsp3) is 0.577. The summed E-state index contributed by atoms with van der Waals surface area (Å²) in [5.41, 5.74) is 7.91. The predicted molar refractivity (Wildman–Crippen MR) is 151 cm³/mol. The summed E-state index contributed by atoms with van der Waals surface area (Å²) in [4.78, 5) is 22.1. The van der Waals surface area contributed by atoms with Crippen LogP contribution in [-0.4, -0.2) is 74.7 Å². The number of anilines is 1. The highest BCUT2D eigenvalue weighted by molar-refractivity contribution is 6.32. The number of nitrogens with one attached hydrogen (secondary N) is 2. The van der Waals surface area contributed by atoms with Crippen molar-refractivity contribution < 1.29 is 4.79 Å². The second kappa shape index (κ2) is 10.8. The molecule has 11 heteroatoms. The van der Waals surface area contributed by atoms with Crippen LogP contribution >= 0.6 is 23.2 Å². The molecule has 0 bridgehead atoms. The third-order valence-electron chi connectivity index (χ3n) is 7.12. The van der Waals surface area contributed by atoms with E-state index in [1.165, 1.54) is 0 Å². The molecule has 1 fully saturated rings. The van der Waals surface area contributed by atoms with E-state index in [1.54, 1.807) is 11.9 Å². The Morgan fingerprint density at radius 2 is 2.05 bits per heavy atom. The summed E-state index contributed by atoms with van der Waals surface area (Å²) in [6, 6.07) is 4.50. The second-order valence-electron chi connectivity index (χ2n) is 11.1. The summed E-state index contributed by atoms with van der Waals surface area (Å²) in [6.45, 7) is 13.7. The van der Waals surface area contributed by atoms with Gasteiger partial charge in [0.1, 0.15) is 11.5 Å². The molecular weight excluding hydrogens is 511 g/mol. The molecule has 1 saturated heterocycles. The molecule has 1 aliphatic rings. The molecule has 1 amide bonds. The molecule has 1 unspecified atom stereocenters. The van der Waals surface area contributed by atoms with E-state index in [4.69, 9.17) is 28.9 Å². The van der Waals surface area contributed by atoms with Crippen molar-refractivity contribution in [1.29, 1.82) is 0 Å². The zero-order valence-corrected chi connectivity index (χ0v) is 24.0. The number of carbonyl (C=O) groups excluding carboxylic acids is 1. The molecule has 3 heterocycles. The van der Waals surface area contributed by atoms with Crippen molar-refractivity contribution in [2.75, 3.05) is 38.5 Å². The van der Waals surface area contributed by atoms with Crippen molar-refractivity contribution in [2.45, 2.75) is 65.1 Å². The summed E-state index contributed by atoms with van der Waals surface area (Å²) < 4.78 is 2.03. The van der Waals surface area contributed by atoms with Crippen LogP contribution in [0.15, 0.2) is 12.1 Å². The van der Waals surface area contributed by atoms with Gasteiger partial charge in [-0.1, -0.05) is 44.0 Å². The molecule has 4 N–H and O–H groups in total. The van der Waals surface area contributed by atoms with Gasteiger partial charge in [-0.15, -0.1) is 0 Å². The molecule has 2 aromatic heterocycles. The Hall–Kier alpha value is -2.33. The Balaban J connectivity index is 1.69. The van der Waals surface area contributed by atoms with Gasteiger partial charge in [-0.25, -0.2) is 4.98 Å². The van der Waals surface area contributed by atoms with Gasteiger partial charge >= 0.3 is 0 Å². The van der Waals surface area contributed by atoms with Gasteiger partial charge in [0, 0.05) is 55.7 Å². The summed E-state index contributed by atoms with van der Waals surface area (Å²) in [7, 11) is 1.74. The molecule has 0 spiro atoms. The molecule has 202 valence electrons. The van der Waals surface area contributed by atoms with Gasteiger partial charge in [-0.2, -0.15) is 5.10 Å². The quantitative estimate of drug-likeness (QED) is 0.377. The number of fused-ring (bicyclic) bond motifs is 1. The first-order chi connectivity index (χ1) is 17.4. The fourth-order valence-corrected chi connectivity index (χ4v) is 5.71. The Labute approximate surface area is 228 Å². The minimum Gasteiger partial charge on any atom is -0.361 e. The van der Waals surface area contributed by atoms with Crippen LogP contribution in [0.25, 0.3) is 10.9 Å². The number of imidazole rings is 1. The maximum Gasteiger partial charge on any atom is 0.273 e. The average Bonchev–Trinajstić information content (AvgIpc) is 3.52. The fourth-order valence-electron chi connectivity index (χ4n) is 4.99. The van der Waals surface area contributed by atoms with Gasteiger partial charge in [0.05, 0.1) is 12.1 Å². The number of hydrogen-bond acceptors (Lipinski definition) is 6. The van der Waals surface area contributed by atoms with Gasteiger partial charge in [0.15, 0.2) is 11.0 Å². The number of amides is 1. The van der Waals surface area contributed by atoms with Gasteiger partial charge in [0.2, 0.25) is 0 Å². The number of halogens is 2. The van der Waals surface area contributed by atoms with Crippen molar-refractivity contribution >= 4 is 45.8 Å². The number of hydrogen-bond donors (Lipinski definition) is 3. The lowest BCUT2D eigenvalue weighted by molar-refractivity contribution is 0.0785. The van der Waals surface area contributed by atoms with Crippen molar-refractivity contribution in [3.8, 4) is 0 Å². The predicted octanol–water partition coefficient (Wildman–Crippen LogP) is 4.66. The molecular formula is C26H38Cl2N8O. The molecule has 0 radical (unpaired) electrons. The number of benzene rings is 1. The third kappa shape index (κ3) is 5.60. The monoisotopic (exact) mass is 548 g/mol. The standard InChI is InChI=1S/C26H38Cl2N8O/c1-15(2)35-9-7-16(14-35)36-21(31-23(28)22(36)25(37)34(6)10-8-29)13-30-24-17-11-18(26(3,4)5)19(27)12-20(17)32-33-24/h11-12,15-16H,7-10,13-14,29H2,1-6H3,(H2,30,32,33). The van der Waals surface area contributed by atoms with Gasteiger partial charge in [-0.05, 0) is 43.4 Å². The van der Waals surface area contributed by atoms with Crippen molar-refractivity contribution in [3.63, 3.8) is 0 Å². The zero-order chi connectivity index (χ0) is 27.1. The summed E-state index contributed by atoms with van der Waals surface area (Å²) in [6.07, 6.45) is 0.914. The van der Waals surface area contributed by atoms with Crippen molar-refractivity contribution in [2.24, 2.45) is 5.73 Å².